The van der Waals surface area contributed by atoms with Crippen molar-refractivity contribution < 1.29 is 0 Å². The van der Waals surface area contributed by atoms with Crippen molar-refractivity contribution in [2.45, 2.75) is 13.3 Å². The topological polar surface area (TPSA) is 26.0 Å². The maximum atomic E-state index is 5.78. The lowest BCUT2D eigenvalue weighted by atomic mass is 10.1. The standard InChI is InChI=1S/C11H13NS/c1-9-5-6-10(11(12)8-9)4-2-3-7-13/h5-6,8,13H,3,7,12H2,1H3. The SMILES string of the molecule is Cc1ccc(C#CCCS)c(N)c1. The van der Waals surface area contributed by atoms with Gasteiger partial charge in [-0.2, -0.15) is 12.6 Å². The number of benzene rings is 1. The van der Waals surface area contributed by atoms with Gasteiger partial charge in [0.25, 0.3) is 0 Å². The van der Waals surface area contributed by atoms with Crippen LogP contribution >= 0.6 is 12.6 Å². The predicted octanol–water partition coefficient (Wildman–Crippen LogP) is 2.25. The summed E-state index contributed by atoms with van der Waals surface area (Å²) in [6, 6.07) is 5.90. The molecule has 1 aromatic carbocycles. The molecule has 0 aromatic heterocycles. The van der Waals surface area contributed by atoms with Crippen molar-refractivity contribution in [2.24, 2.45) is 0 Å². The van der Waals surface area contributed by atoms with E-state index in [0.717, 1.165) is 29.0 Å². The first kappa shape index (κ1) is 10.0. The van der Waals surface area contributed by atoms with Gasteiger partial charge in [0, 0.05) is 23.4 Å². The average molecular weight is 191 g/mol. The van der Waals surface area contributed by atoms with Gasteiger partial charge in [0.1, 0.15) is 0 Å². The van der Waals surface area contributed by atoms with Gasteiger partial charge in [0.05, 0.1) is 0 Å². The minimum Gasteiger partial charge on any atom is -0.398 e. The van der Waals surface area contributed by atoms with Crippen LogP contribution in [0.4, 0.5) is 5.69 Å². The average Bonchev–Trinajstić information content (AvgIpc) is 2.09. The first-order valence-corrected chi connectivity index (χ1v) is 4.83. The molecular formula is C11H13NS. The molecule has 0 saturated carbocycles. The van der Waals surface area contributed by atoms with E-state index in [1.54, 1.807) is 0 Å². The third kappa shape index (κ3) is 3.04. The van der Waals surface area contributed by atoms with Gasteiger partial charge in [-0.1, -0.05) is 17.9 Å². The van der Waals surface area contributed by atoms with E-state index in [-0.39, 0.29) is 0 Å². The third-order valence-corrected chi connectivity index (χ3v) is 1.89. The van der Waals surface area contributed by atoms with Gasteiger partial charge in [0.2, 0.25) is 0 Å². The molecule has 1 nitrogen and oxygen atoms in total. The van der Waals surface area contributed by atoms with Crippen molar-refractivity contribution in [3.63, 3.8) is 0 Å². The van der Waals surface area contributed by atoms with E-state index < -0.39 is 0 Å². The van der Waals surface area contributed by atoms with Crippen LogP contribution in [0, 0.1) is 18.8 Å². The number of rotatable bonds is 1. The van der Waals surface area contributed by atoms with Crippen molar-refractivity contribution in [1.82, 2.24) is 0 Å². The van der Waals surface area contributed by atoms with Gasteiger partial charge >= 0.3 is 0 Å². The molecule has 0 unspecified atom stereocenters. The molecule has 0 heterocycles. The lowest BCUT2D eigenvalue weighted by molar-refractivity contribution is 1.31. The van der Waals surface area contributed by atoms with E-state index in [9.17, 15) is 0 Å². The number of hydrogen-bond donors (Lipinski definition) is 2. The molecule has 68 valence electrons. The predicted molar refractivity (Wildman–Crippen MR) is 60.9 cm³/mol. The van der Waals surface area contributed by atoms with Gasteiger partial charge in [0.15, 0.2) is 0 Å². The number of thiol groups is 1. The molecule has 0 aliphatic heterocycles. The first-order chi connectivity index (χ1) is 6.24. The minimum absolute atomic E-state index is 0.756. The number of aryl methyl sites for hydroxylation is 1. The van der Waals surface area contributed by atoms with E-state index in [1.165, 1.54) is 0 Å². The number of nitrogens with two attached hydrogens (primary N) is 1. The molecule has 0 spiro atoms. The summed E-state index contributed by atoms with van der Waals surface area (Å²) in [6.45, 7) is 2.02. The van der Waals surface area contributed by atoms with Gasteiger partial charge in [-0.3, -0.25) is 0 Å². The van der Waals surface area contributed by atoms with Crippen molar-refractivity contribution in [2.75, 3.05) is 11.5 Å². The zero-order valence-electron chi connectivity index (χ0n) is 7.67. The Hall–Kier alpha value is -1.07. The van der Waals surface area contributed by atoms with E-state index in [4.69, 9.17) is 5.73 Å². The molecule has 2 N–H and O–H groups in total. The maximum Gasteiger partial charge on any atom is 0.0475 e. The molecule has 0 fully saturated rings. The molecule has 0 aliphatic carbocycles. The molecule has 1 rings (SSSR count). The summed E-state index contributed by atoms with van der Waals surface area (Å²) in [7, 11) is 0. The zero-order chi connectivity index (χ0) is 9.68. The van der Waals surface area contributed by atoms with Crippen LogP contribution in [0.3, 0.4) is 0 Å². The van der Waals surface area contributed by atoms with E-state index in [2.05, 4.69) is 24.5 Å². The number of hydrogen-bond acceptors (Lipinski definition) is 2. The Balaban J connectivity index is 2.85. The largest absolute Gasteiger partial charge is 0.398 e. The quantitative estimate of drug-likeness (QED) is 0.397. The Morgan fingerprint density at radius 3 is 2.85 bits per heavy atom. The molecule has 2 heteroatoms. The highest BCUT2D eigenvalue weighted by Crippen LogP contribution is 2.11. The molecular weight excluding hydrogens is 178 g/mol. The summed E-state index contributed by atoms with van der Waals surface area (Å²) in [5, 5.41) is 0. The molecule has 0 radical (unpaired) electrons. The van der Waals surface area contributed by atoms with E-state index in [0.29, 0.717) is 0 Å². The second kappa shape index (κ2) is 4.84. The minimum atomic E-state index is 0.756. The van der Waals surface area contributed by atoms with E-state index >= 15 is 0 Å². The Bertz CT molecular complexity index is 347. The van der Waals surface area contributed by atoms with Crippen molar-refractivity contribution in [3.8, 4) is 11.8 Å². The van der Waals surface area contributed by atoms with Crippen molar-refractivity contribution >= 4 is 18.3 Å². The molecule has 0 bridgehead atoms. The third-order valence-electron chi connectivity index (χ3n) is 1.67. The highest BCUT2D eigenvalue weighted by Gasteiger charge is 1.93. The summed E-state index contributed by atoms with van der Waals surface area (Å²) in [5.41, 5.74) is 8.61. The van der Waals surface area contributed by atoms with Crippen LogP contribution in [0.1, 0.15) is 17.5 Å². The van der Waals surface area contributed by atoms with Crippen molar-refractivity contribution in [1.29, 1.82) is 0 Å². The number of anilines is 1. The summed E-state index contributed by atoms with van der Waals surface area (Å²) < 4.78 is 0. The second-order valence-electron chi connectivity index (χ2n) is 2.87. The van der Waals surface area contributed by atoms with Crippen LogP contribution in [0.5, 0.6) is 0 Å². The summed E-state index contributed by atoms with van der Waals surface area (Å²) in [5.74, 6) is 6.81. The lowest BCUT2D eigenvalue weighted by Gasteiger charge is -1.98. The van der Waals surface area contributed by atoms with Gasteiger partial charge in [-0.25, -0.2) is 0 Å². The van der Waals surface area contributed by atoms with E-state index in [1.807, 2.05) is 25.1 Å². The first-order valence-electron chi connectivity index (χ1n) is 4.20. The summed E-state index contributed by atoms with van der Waals surface area (Å²) >= 11 is 4.08. The number of nitrogen functional groups attached to an aromatic ring is 1. The molecule has 0 saturated heterocycles. The summed E-state index contributed by atoms with van der Waals surface area (Å²) in [4.78, 5) is 0. The van der Waals surface area contributed by atoms with Gasteiger partial charge in [-0.05, 0) is 24.6 Å². The molecule has 1 aromatic rings. The lowest BCUT2D eigenvalue weighted by Crippen LogP contribution is -1.90. The Kier molecular flexibility index (Phi) is 3.72. The normalized spacial score (nSPS) is 9.08. The Labute approximate surface area is 84.8 Å². The molecule has 0 atom stereocenters. The van der Waals surface area contributed by atoms with Gasteiger partial charge in [-0.15, -0.1) is 0 Å². The zero-order valence-corrected chi connectivity index (χ0v) is 8.57. The maximum absolute atomic E-state index is 5.78. The molecule has 13 heavy (non-hydrogen) atoms. The summed E-state index contributed by atoms with van der Waals surface area (Å²) in [6.07, 6.45) is 0.802. The highest BCUT2D eigenvalue weighted by atomic mass is 32.1. The fraction of sp³-hybridized carbons (Fsp3) is 0.273. The van der Waals surface area contributed by atoms with Crippen LogP contribution in [0.2, 0.25) is 0 Å². The van der Waals surface area contributed by atoms with Crippen LogP contribution in [-0.4, -0.2) is 5.75 Å². The Morgan fingerprint density at radius 2 is 2.23 bits per heavy atom. The fourth-order valence-corrected chi connectivity index (χ4v) is 1.12. The van der Waals surface area contributed by atoms with Crippen LogP contribution in [0.15, 0.2) is 18.2 Å². The monoisotopic (exact) mass is 191 g/mol. The second-order valence-corrected chi connectivity index (χ2v) is 3.31. The fourth-order valence-electron chi connectivity index (χ4n) is 1.01. The van der Waals surface area contributed by atoms with Crippen LogP contribution in [0.25, 0.3) is 0 Å². The molecule has 0 aliphatic rings. The Morgan fingerprint density at radius 1 is 1.46 bits per heavy atom. The highest BCUT2D eigenvalue weighted by molar-refractivity contribution is 7.80. The van der Waals surface area contributed by atoms with Gasteiger partial charge < -0.3 is 5.73 Å². The smallest absolute Gasteiger partial charge is 0.0475 e. The van der Waals surface area contributed by atoms with Crippen LogP contribution < -0.4 is 5.73 Å². The molecule has 0 amide bonds. The van der Waals surface area contributed by atoms with Crippen molar-refractivity contribution in [3.05, 3.63) is 29.3 Å². The van der Waals surface area contributed by atoms with Crippen LogP contribution in [-0.2, 0) is 0 Å².